The van der Waals surface area contributed by atoms with Crippen LogP contribution in [0.25, 0.3) is 0 Å². The molecule has 2 amide bonds. The number of nitrogens with one attached hydrogen (secondary N) is 2. The predicted octanol–water partition coefficient (Wildman–Crippen LogP) is 2.88. The highest BCUT2D eigenvalue weighted by Crippen LogP contribution is 2.22. The zero-order valence-corrected chi connectivity index (χ0v) is 21.9. The number of nitrogen functional groups attached to an aromatic ring is 1. The van der Waals surface area contributed by atoms with Crippen LogP contribution in [0.15, 0.2) is 33.9 Å². The van der Waals surface area contributed by atoms with Crippen LogP contribution in [0.1, 0.15) is 70.8 Å². The molecule has 0 bridgehead atoms. The van der Waals surface area contributed by atoms with Crippen molar-refractivity contribution in [3.05, 3.63) is 56.2 Å². The Hall–Kier alpha value is -3.36. The summed E-state index contributed by atoms with van der Waals surface area (Å²) in [4.78, 5) is 54.3. The van der Waals surface area contributed by atoms with Gasteiger partial charge in [0.25, 0.3) is 11.5 Å². The van der Waals surface area contributed by atoms with Crippen molar-refractivity contribution in [1.29, 1.82) is 0 Å². The predicted molar refractivity (Wildman–Crippen MR) is 140 cm³/mol. The summed E-state index contributed by atoms with van der Waals surface area (Å²) in [5, 5.41) is 2.76. The van der Waals surface area contributed by atoms with E-state index in [0.717, 1.165) is 5.56 Å². The largest absolute Gasteiger partial charge is 0.383 e. The first-order valence-electron chi connectivity index (χ1n) is 12.0. The highest BCUT2D eigenvalue weighted by Gasteiger charge is 2.25. The molecule has 0 fully saturated rings. The van der Waals surface area contributed by atoms with Crippen LogP contribution in [0.4, 0.5) is 11.5 Å². The molecule has 0 unspecified atom stereocenters. The van der Waals surface area contributed by atoms with E-state index in [1.807, 2.05) is 39.8 Å². The lowest BCUT2D eigenvalue weighted by Crippen LogP contribution is -2.43. The van der Waals surface area contributed by atoms with Gasteiger partial charge in [0.15, 0.2) is 5.69 Å². The number of rotatable bonds is 9. The lowest BCUT2D eigenvalue weighted by Gasteiger charge is -2.26. The molecule has 0 saturated heterocycles. The molecule has 0 radical (unpaired) electrons. The average molecular weight is 486 g/mol. The molecule has 0 spiro atoms. The Balaban J connectivity index is 2.19. The highest BCUT2D eigenvalue weighted by molar-refractivity contribution is 5.97. The smallest absolute Gasteiger partial charge is 0.330 e. The lowest BCUT2D eigenvalue weighted by atomic mass is 9.87. The van der Waals surface area contributed by atoms with Crippen LogP contribution in [0.5, 0.6) is 0 Å². The van der Waals surface area contributed by atoms with Crippen molar-refractivity contribution in [3.63, 3.8) is 0 Å². The van der Waals surface area contributed by atoms with Gasteiger partial charge in [-0.15, -0.1) is 0 Å². The number of anilines is 2. The Labute approximate surface area is 206 Å². The molecule has 4 N–H and O–H groups in total. The van der Waals surface area contributed by atoms with Crippen LogP contribution < -0.4 is 27.2 Å². The topological polar surface area (TPSA) is 130 Å². The molecular weight excluding hydrogens is 446 g/mol. The molecule has 1 aromatic heterocycles. The van der Waals surface area contributed by atoms with Gasteiger partial charge in [-0.05, 0) is 34.9 Å². The molecule has 0 aliphatic rings. The zero-order chi connectivity index (χ0) is 26.5. The van der Waals surface area contributed by atoms with Crippen molar-refractivity contribution in [3.8, 4) is 0 Å². The first-order valence-corrected chi connectivity index (χ1v) is 12.0. The maximum Gasteiger partial charge on any atom is 0.330 e. The fourth-order valence-electron chi connectivity index (χ4n) is 3.71. The zero-order valence-electron chi connectivity index (χ0n) is 21.9. The van der Waals surface area contributed by atoms with E-state index in [4.69, 9.17) is 5.73 Å². The third-order valence-electron chi connectivity index (χ3n) is 5.52. The van der Waals surface area contributed by atoms with Gasteiger partial charge in [-0.3, -0.25) is 23.9 Å². The van der Waals surface area contributed by atoms with Crippen molar-refractivity contribution < 1.29 is 9.59 Å². The highest BCUT2D eigenvalue weighted by atomic mass is 16.2. The number of nitrogens with zero attached hydrogens (tertiary/aromatic N) is 2. The van der Waals surface area contributed by atoms with Gasteiger partial charge in [0.05, 0.1) is 0 Å². The van der Waals surface area contributed by atoms with Crippen LogP contribution in [-0.4, -0.2) is 34.5 Å². The number of amides is 2. The minimum atomic E-state index is -0.704. The third kappa shape index (κ3) is 7.31. The van der Waals surface area contributed by atoms with Crippen molar-refractivity contribution in [2.45, 2.75) is 66.8 Å². The van der Waals surface area contributed by atoms with Crippen molar-refractivity contribution in [2.75, 3.05) is 23.7 Å². The fraction of sp³-hybridized carbons (Fsp3) is 0.538. The number of carbonyl (C=O) groups is 2. The Morgan fingerprint density at radius 1 is 1.06 bits per heavy atom. The van der Waals surface area contributed by atoms with Gasteiger partial charge in [0.1, 0.15) is 5.82 Å². The Bertz CT molecular complexity index is 1150. The van der Waals surface area contributed by atoms with Crippen LogP contribution >= 0.6 is 0 Å². The van der Waals surface area contributed by atoms with E-state index in [9.17, 15) is 19.2 Å². The molecule has 2 aromatic rings. The first-order chi connectivity index (χ1) is 16.2. The fourth-order valence-corrected chi connectivity index (χ4v) is 3.71. The maximum atomic E-state index is 13.2. The number of hydrogen-bond donors (Lipinski definition) is 3. The van der Waals surface area contributed by atoms with Crippen molar-refractivity contribution in [1.82, 2.24) is 14.9 Å². The number of hydrogen-bond acceptors (Lipinski definition) is 5. The molecule has 35 heavy (non-hydrogen) atoms. The number of benzene rings is 1. The molecule has 0 saturated carbocycles. The summed E-state index contributed by atoms with van der Waals surface area (Å²) in [6.45, 7) is 14.6. The Morgan fingerprint density at radius 2 is 1.66 bits per heavy atom. The number of aromatic amines is 1. The van der Waals surface area contributed by atoms with E-state index in [1.165, 1.54) is 9.47 Å². The van der Waals surface area contributed by atoms with Crippen molar-refractivity contribution >= 4 is 23.3 Å². The summed E-state index contributed by atoms with van der Waals surface area (Å²) in [6, 6.07) is 7.37. The van der Waals surface area contributed by atoms with Crippen LogP contribution in [0.2, 0.25) is 0 Å². The second-order valence-corrected chi connectivity index (χ2v) is 10.7. The van der Waals surface area contributed by atoms with Crippen LogP contribution in [0, 0.1) is 11.8 Å². The summed E-state index contributed by atoms with van der Waals surface area (Å²) in [5.41, 5.74) is 6.49. The second kappa shape index (κ2) is 11.4. The van der Waals surface area contributed by atoms with Crippen LogP contribution in [0.3, 0.4) is 0 Å². The van der Waals surface area contributed by atoms with Gasteiger partial charge in [-0.25, -0.2) is 4.79 Å². The molecule has 2 rings (SSSR count). The van der Waals surface area contributed by atoms with E-state index in [-0.39, 0.29) is 60.1 Å². The SMILES string of the molecule is CC(C)CN(C(=O)CCNC(=O)c1ccc(C(C)(C)C)cc1)c1c(N)n(CC(C)C)c(=O)[nH]c1=O. The minimum Gasteiger partial charge on any atom is -0.383 e. The van der Waals surface area contributed by atoms with Crippen molar-refractivity contribution in [2.24, 2.45) is 11.8 Å². The van der Waals surface area contributed by atoms with Gasteiger partial charge in [0.2, 0.25) is 5.91 Å². The molecule has 0 atom stereocenters. The van der Waals surface area contributed by atoms with Gasteiger partial charge in [0, 0.05) is 31.6 Å². The third-order valence-corrected chi connectivity index (χ3v) is 5.52. The number of H-pyrrole nitrogens is 1. The summed E-state index contributed by atoms with van der Waals surface area (Å²) in [5.74, 6) is -0.537. The Kier molecular flexibility index (Phi) is 9.06. The summed E-state index contributed by atoms with van der Waals surface area (Å²) in [6.07, 6.45) is -0.0271. The molecule has 9 heteroatoms. The summed E-state index contributed by atoms with van der Waals surface area (Å²) in [7, 11) is 0. The molecule has 0 aliphatic heterocycles. The molecule has 9 nitrogen and oxygen atoms in total. The standard InChI is InChI=1S/C26H39N5O4/c1-16(2)14-30(21-22(27)31(15-17(3)4)25(35)29-24(21)34)20(32)12-13-28-23(33)18-8-10-19(11-9-18)26(5,6)7/h8-11,16-17H,12-15,27H2,1-7H3,(H,28,33)(H,29,34,35). The molecule has 1 aromatic carbocycles. The number of carbonyl (C=O) groups excluding carboxylic acids is 2. The molecule has 192 valence electrons. The van der Waals surface area contributed by atoms with Gasteiger partial charge in [-0.2, -0.15) is 0 Å². The monoisotopic (exact) mass is 485 g/mol. The molecule has 1 heterocycles. The van der Waals surface area contributed by atoms with Gasteiger partial charge in [-0.1, -0.05) is 60.6 Å². The van der Waals surface area contributed by atoms with E-state index >= 15 is 0 Å². The lowest BCUT2D eigenvalue weighted by molar-refractivity contribution is -0.118. The average Bonchev–Trinajstić information content (AvgIpc) is 2.74. The quantitative estimate of drug-likeness (QED) is 0.503. The normalized spacial score (nSPS) is 11.7. The summed E-state index contributed by atoms with van der Waals surface area (Å²) < 4.78 is 1.28. The van der Waals surface area contributed by atoms with Gasteiger partial charge < -0.3 is 16.0 Å². The minimum absolute atomic E-state index is 0.0153. The first kappa shape index (κ1) is 27.9. The summed E-state index contributed by atoms with van der Waals surface area (Å²) >= 11 is 0. The number of aromatic nitrogens is 2. The molecular formula is C26H39N5O4. The van der Waals surface area contributed by atoms with E-state index < -0.39 is 11.2 Å². The van der Waals surface area contributed by atoms with E-state index in [2.05, 4.69) is 31.1 Å². The van der Waals surface area contributed by atoms with E-state index in [0.29, 0.717) is 12.1 Å². The maximum absolute atomic E-state index is 13.2. The second-order valence-electron chi connectivity index (χ2n) is 10.7. The molecule has 0 aliphatic carbocycles. The number of nitrogens with two attached hydrogens (primary N) is 1. The van der Waals surface area contributed by atoms with E-state index in [1.54, 1.807) is 12.1 Å². The van der Waals surface area contributed by atoms with Gasteiger partial charge >= 0.3 is 5.69 Å². The Morgan fingerprint density at radius 3 is 2.17 bits per heavy atom. The van der Waals surface area contributed by atoms with Crippen LogP contribution in [-0.2, 0) is 16.8 Å².